The Kier molecular flexibility index (Phi) is 4.40. The molecule has 3 N–H and O–H groups in total. The maximum Gasteiger partial charge on any atom is 0.433 e. The van der Waals surface area contributed by atoms with E-state index in [0.717, 1.165) is 0 Å². The molecule has 0 aliphatic carbocycles. The molecule has 0 amide bonds. The van der Waals surface area contributed by atoms with E-state index in [1.165, 1.54) is 0 Å². The van der Waals surface area contributed by atoms with E-state index in [1.807, 2.05) is 0 Å². The fourth-order valence-electron chi connectivity index (χ4n) is 1.54. The Morgan fingerprint density at radius 1 is 1.42 bits per heavy atom. The van der Waals surface area contributed by atoms with Gasteiger partial charge in [0.15, 0.2) is 0 Å². The molecule has 0 bridgehead atoms. The molecule has 0 saturated heterocycles. The molecule has 0 spiro atoms. The van der Waals surface area contributed by atoms with Crippen molar-refractivity contribution in [3.8, 4) is 0 Å². The average Bonchev–Trinajstić information content (AvgIpc) is 2.25. The highest BCUT2D eigenvalue weighted by atomic mass is 19.4. The van der Waals surface area contributed by atoms with Gasteiger partial charge in [-0.05, 0) is 11.6 Å². The Morgan fingerprint density at radius 2 is 2.00 bits per heavy atom. The molecule has 0 atom stereocenters. The molecular formula is C10H9F5N2O2. The van der Waals surface area contributed by atoms with E-state index in [4.69, 9.17) is 10.8 Å². The van der Waals surface area contributed by atoms with Crippen molar-refractivity contribution in [1.29, 1.82) is 0 Å². The first-order valence-electron chi connectivity index (χ1n) is 4.96. The molecule has 0 aromatic carbocycles. The van der Waals surface area contributed by atoms with Crippen LogP contribution in [0.15, 0.2) is 6.07 Å². The smallest absolute Gasteiger partial charge is 0.433 e. The number of nitrogens with two attached hydrogens (primary N) is 1. The third kappa shape index (κ3) is 3.60. The van der Waals surface area contributed by atoms with E-state index in [2.05, 4.69) is 4.98 Å². The molecule has 1 rings (SSSR count). The number of hydrogen-bond donors (Lipinski definition) is 2. The molecule has 0 fully saturated rings. The van der Waals surface area contributed by atoms with Crippen molar-refractivity contribution in [2.45, 2.75) is 25.6 Å². The summed E-state index contributed by atoms with van der Waals surface area (Å²) < 4.78 is 63.1. The lowest BCUT2D eigenvalue weighted by Gasteiger charge is -2.15. The second-order valence-corrected chi connectivity index (χ2v) is 3.60. The summed E-state index contributed by atoms with van der Waals surface area (Å²) in [5.74, 6) is -1.52. The Bertz CT molecular complexity index is 488. The van der Waals surface area contributed by atoms with Crippen LogP contribution in [0.3, 0.4) is 0 Å². The zero-order chi connectivity index (χ0) is 14.8. The van der Waals surface area contributed by atoms with Crippen molar-refractivity contribution in [2.75, 3.05) is 0 Å². The van der Waals surface area contributed by atoms with Gasteiger partial charge in [-0.3, -0.25) is 4.79 Å². The van der Waals surface area contributed by atoms with Gasteiger partial charge < -0.3 is 10.8 Å². The maximum absolute atomic E-state index is 12.8. The van der Waals surface area contributed by atoms with Crippen molar-refractivity contribution < 1.29 is 31.9 Å². The topological polar surface area (TPSA) is 76.2 Å². The lowest BCUT2D eigenvalue weighted by Crippen LogP contribution is -2.17. The molecule has 0 radical (unpaired) electrons. The van der Waals surface area contributed by atoms with E-state index in [1.54, 1.807) is 0 Å². The van der Waals surface area contributed by atoms with Gasteiger partial charge in [-0.1, -0.05) is 0 Å². The summed E-state index contributed by atoms with van der Waals surface area (Å²) in [7, 11) is 0. The molecule has 1 aromatic heterocycles. The molecule has 106 valence electrons. The third-order valence-corrected chi connectivity index (χ3v) is 2.27. The Balaban J connectivity index is 3.49. The first-order chi connectivity index (χ1) is 8.66. The summed E-state index contributed by atoms with van der Waals surface area (Å²) in [4.78, 5) is 13.6. The number of aliphatic carboxylic acids is 1. The lowest BCUT2D eigenvalue weighted by atomic mass is 10.0. The van der Waals surface area contributed by atoms with Crippen LogP contribution in [0.4, 0.5) is 22.0 Å². The fourth-order valence-corrected chi connectivity index (χ4v) is 1.54. The van der Waals surface area contributed by atoms with Gasteiger partial charge in [-0.25, -0.2) is 13.8 Å². The van der Waals surface area contributed by atoms with Gasteiger partial charge >= 0.3 is 12.1 Å². The normalized spacial score (nSPS) is 11.9. The SMILES string of the molecule is NCc1nc(C(F)(F)F)cc(CC(=O)O)c1C(F)F. The third-order valence-electron chi connectivity index (χ3n) is 2.27. The highest BCUT2D eigenvalue weighted by Gasteiger charge is 2.35. The number of alkyl halides is 5. The number of rotatable bonds is 4. The number of pyridine rings is 1. The molecule has 1 aromatic rings. The molecule has 9 heteroatoms. The van der Waals surface area contributed by atoms with Gasteiger partial charge in [-0.2, -0.15) is 13.2 Å². The van der Waals surface area contributed by atoms with Gasteiger partial charge in [0.25, 0.3) is 6.43 Å². The van der Waals surface area contributed by atoms with Crippen LogP contribution in [0.2, 0.25) is 0 Å². The molecule has 0 aliphatic rings. The Hall–Kier alpha value is -1.77. The summed E-state index contributed by atoms with van der Waals surface area (Å²) in [6, 6.07) is 0.314. The van der Waals surface area contributed by atoms with E-state index in [0.29, 0.717) is 6.07 Å². The summed E-state index contributed by atoms with van der Waals surface area (Å²) in [5, 5.41) is 8.55. The van der Waals surface area contributed by atoms with Crippen LogP contribution in [-0.4, -0.2) is 16.1 Å². The van der Waals surface area contributed by atoms with Crippen LogP contribution in [0.25, 0.3) is 0 Å². The predicted molar refractivity (Wildman–Crippen MR) is 53.4 cm³/mol. The summed E-state index contributed by atoms with van der Waals surface area (Å²) in [6.07, 6.45) is -8.97. The largest absolute Gasteiger partial charge is 0.481 e. The van der Waals surface area contributed by atoms with E-state index < -0.39 is 54.1 Å². The minimum atomic E-state index is -4.86. The van der Waals surface area contributed by atoms with E-state index in [9.17, 15) is 26.7 Å². The fraction of sp³-hybridized carbons (Fsp3) is 0.400. The number of nitrogens with zero attached hydrogens (tertiary/aromatic N) is 1. The summed E-state index contributed by atoms with van der Waals surface area (Å²) in [5.41, 5.74) is 1.52. The number of carboxylic acids is 1. The van der Waals surface area contributed by atoms with Crippen LogP contribution < -0.4 is 5.73 Å². The average molecular weight is 284 g/mol. The van der Waals surface area contributed by atoms with E-state index >= 15 is 0 Å². The second-order valence-electron chi connectivity index (χ2n) is 3.60. The monoisotopic (exact) mass is 284 g/mol. The summed E-state index contributed by atoms with van der Waals surface area (Å²) >= 11 is 0. The quantitative estimate of drug-likeness (QED) is 0.830. The second kappa shape index (κ2) is 5.47. The number of carboxylic acid groups (broad SMARTS) is 1. The Labute approximate surface area is 104 Å². The molecule has 19 heavy (non-hydrogen) atoms. The lowest BCUT2D eigenvalue weighted by molar-refractivity contribution is -0.142. The standard InChI is InChI=1S/C10H9F5N2O2/c11-9(12)8-4(2-7(18)19)1-6(10(13,14)15)17-5(8)3-16/h1,9H,2-3,16H2,(H,18,19). The van der Waals surface area contributed by atoms with Crippen LogP contribution >= 0.6 is 0 Å². The minimum absolute atomic E-state index is 0.314. The van der Waals surface area contributed by atoms with Crippen molar-refractivity contribution >= 4 is 5.97 Å². The van der Waals surface area contributed by atoms with E-state index in [-0.39, 0.29) is 0 Å². The molecule has 0 saturated carbocycles. The number of carbonyl (C=O) groups is 1. The van der Waals surface area contributed by atoms with Crippen LogP contribution in [0.5, 0.6) is 0 Å². The van der Waals surface area contributed by atoms with Crippen molar-refractivity contribution in [2.24, 2.45) is 5.73 Å². The predicted octanol–water partition coefficient (Wildman–Crippen LogP) is 2.12. The Morgan fingerprint density at radius 3 is 2.37 bits per heavy atom. The molecule has 0 unspecified atom stereocenters. The first-order valence-corrected chi connectivity index (χ1v) is 4.96. The minimum Gasteiger partial charge on any atom is -0.481 e. The van der Waals surface area contributed by atoms with Crippen LogP contribution in [0.1, 0.15) is 28.9 Å². The van der Waals surface area contributed by atoms with Crippen molar-refractivity contribution in [3.05, 3.63) is 28.6 Å². The first kappa shape index (κ1) is 15.3. The van der Waals surface area contributed by atoms with Gasteiger partial charge in [0.2, 0.25) is 0 Å². The number of hydrogen-bond acceptors (Lipinski definition) is 3. The maximum atomic E-state index is 12.8. The molecule has 4 nitrogen and oxygen atoms in total. The molecular weight excluding hydrogens is 275 g/mol. The molecule has 0 aliphatic heterocycles. The molecule has 1 heterocycles. The zero-order valence-corrected chi connectivity index (χ0v) is 9.34. The highest BCUT2D eigenvalue weighted by Crippen LogP contribution is 2.33. The summed E-state index contributed by atoms with van der Waals surface area (Å²) in [6.45, 7) is -0.643. The highest BCUT2D eigenvalue weighted by molar-refractivity contribution is 5.71. The van der Waals surface area contributed by atoms with Crippen LogP contribution in [-0.2, 0) is 23.9 Å². The number of halogens is 5. The zero-order valence-electron chi connectivity index (χ0n) is 9.34. The number of aromatic nitrogens is 1. The van der Waals surface area contributed by atoms with Gasteiger partial charge in [0.05, 0.1) is 12.1 Å². The van der Waals surface area contributed by atoms with Crippen molar-refractivity contribution in [3.63, 3.8) is 0 Å². The van der Waals surface area contributed by atoms with Gasteiger partial charge in [-0.15, -0.1) is 0 Å². The van der Waals surface area contributed by atoms with Crippen molar-refractivity contribution in [1.82, 2.24) is 4.98 Å². The van der Waals surface area contributed by atoms with Gasteiger partial charge in [0.1, 0.15) is 5.69 Å². The van der Waals surface area contributed by atoms with Gasteiger partial charge in [0, 0.05) is 12.1 Å². The van der Waals surface area contributed by atoms with Crippen LogP contribution in [0, 0.1) is 0 Å².